The Kier molecular flexibility index (Phi) is 2.15. The first-order valence-corrected chi connectivity index (χ1v) is 5.49. The Morgan fingerprint density at radius 1 is 1.35 bits per heavy atom. The predicted octanol–water partition coefficient (Wildman–Crippen LogP) is 2.12. The third-order valence-electron chi connectivity index (χ3n) is 2.36. The molecule has 0 spiro atoms. The number of hydrogen-bond acceptors (Lipinski definition) is 6. The number of aromatic hydroxyl groups is 1. The lowest BCUT2D eigenvalue weighted by molar-refractivity contribution is 0.174. The van der Waals surface area contributed by atoms with Crippen molar-refractivity contribution < 1.29 is 19.1 Å². The summed E-state index contributed by atoms with van der Waals surface area (Å²) in [6, 6.07) is 3.13. The fraction of sp³-hybridized carbons (Fsp3) is 0.100. The number of aromatic nitrogens is 1. The van der Waals surface area contributed by atoms with E-state index >= 15 is 0 Å². The molecule has 0 radical (unpaired) electrons. The first-order chi connectivity index (χ1) is 8.16. The van der Waals surface area contributed by atoms with E-state index in [0.29, 0.717) is 27.3 Å². The third kappa shape index (κ3) is 1.50. The second-order valence-electron chi connectivity index (χ2n) is 3.43. The third-order valence-corrected chi connectivity index (χ3v) is 2.97. The fourth-order valence-electron chi connectivity index (χ4n) is 1.64. The number of ether oxygens (including phenoxy) is 2. The predicted molar refractivity (Wildman–Crippen MR) is 61.8 cm³/mol. The molecule has 0 fully saturated rings. The molecular formula is C10H7BrN2O4. The van der Waals surface area contributed by atoms with Crippen LogP contribution in [0.3, 0.4) is 0 Å². The van der Waals surface area contributed by atoms with E-state index in [1.165, 1.54) is 6.07 Å². The van der Waals surface area contributed by atoms with Gasteiger partial charge in [0, 0.05) is 12.1 Å². The molecule has 3 N–H and O–H groups in total. The second kappa shape index (κ2) is 3.56. The van der Waals surface area contributed by atoms with Crippen LogP contribution in [0.15, 0.2) is 21.1 Å². The number of halogens is 1. The number of fused-ring (bicyclic) bond motifs is 1. The molecule has 7 heteroatoms. The molecule has 2 heterocycles. The topological polar surface area (TPSA) is 90.7 Å². The first kappa shape index (κ1) is 10.3. The standard InChI is InChI=1S/C10H7BrN2O4/c11-4-1-6-10(16-3-15-6)8(9(4)14)5-2-7(12)13-17-5/h1-2,14H,3H2,(H2,12,13). The van der Waals surface area contributed by atoms with E-state index < -0.39 is 0 Å². The van der Waals surface area contributed by atoms with E-state index in [2.05, 4.69) is 21.1 Å². The summed E-state index contributed by atoms with van der Waals surface area (Å²) in [5.41, 5.74) is 5.85. The van der Waals surface area contributed by atoms with Gasteiger partial charge in [-0.25, -0.2) is 0 Å². The second-order valence-corrected chi connectivity index (χ2v) is 4.29. The Balaban J connectivity index is 2.28. The molecule has 3 rings (SSSR count). The molecule has 17 heavy (non-hydrogen) atoms. The van der Waals surface area contributed by atoms with Crippen LogP contribution in [-0.4, -0.2) is 17.1 Å². The highest BCUT2D eigenvalue weighted by Crippen LogP contribution is 2.50. The number of nitrogens with zero attached hydrogens (tertiary/aromatic N) is 1. The molecule has 6 nitrogen and oxygen atoms in total. The number of phenols is 1. The van der Waals surface area contributed by atoms with Crippen LogP contribution in [0.1, 0.15) is 0 Å². The van der Waals surface area contributed by atoms with Crippen molar-refractivity contribution in [3.05, 3.63) is 16.6 Å². The minimum atomic E-state index is -0.00889. The summed E-state index contributed by atoms with van der Waals surface area (Å²) < 4.78 is 16.0. The van der Waals surface area contributed by atoms with Gasteiger partial charge in [0.05, 0.1) is 4.47 Å². The van der Waals surface area contributed by atoms with Gasteiger partial charge in [0.15, 0.2) is 23.1 Å². The summed E-state index contributed by atoms with van der Waals surface area (Å²) in [6.45, 7) is 0.0991. The minimum Gasteiger partial charge on any atom is -0.506 e. The van der Waals surface area contributed by atoms with Crippen molar-refractivity contribution in [2.45, 2.75) is 0 Å². The molecular weight excluding hydrogens is 292 g/mol. The molecule has 0 saturated heterocycles. The van der Waals surface area contributed by atoms with Crippen molar-refractivity contribution >= 4 is 21.7 Å². The van der Waals surface area contributed by atoms with E-state index in [0.717, 1.165) is 0 Å². The Hall–Kier alpha value is -1.89. The van der Waals surface area contributed by atoms with Gasteiger partial charge >= 0.3 is 0 Å². The molecule has 1 aliphatic heterocycles. The van der Waals surface area contributed by atoms with Crippen LogP contribution < -0.4 is 15.2 Å². The van der Waals surface area contributed by atoms with Crippen molar-refractivity contribution in [1.82, 2.24) is 5.16 Å². The van der Waals surface area contributed by atoms with Crippen LogP contribution in [-0.2, 0) is 0 Å². The molecule has 2 aromatic rings. The molecule has 0 bridgehead atoms. The maximum Gasteiger partial charge on any atom is 0.231 e. The maximum absolute atomic E-state index is 10.0. The largest absolute Gasteiger partial charge is 0.506 e. The van der Waals surface area contributed by atoms with Crippen LogP contribution in [0.2, 0.25) is 0 Å². The molecule has 88 valence electrons. The van der Waals surface area contributed by atoms with Crippen molar-refractivity contribution in [1.29, 1.82) is 0 Å². The Morgan fingerprint density at radius 3 is 2.88 bits per heavy atom. The highest BCUT2D eigenvalue weighted by molar-refractivity contribution is 9.10. The van der Waals surface area contributed by atoms with E-state index in [-0.39, 0.29) is 18.4 Å². The van der Waals surface area contributed by atoms with Crippen LogP contribution in [0, 0.1) is 0 Å². The molecule has 0 aliphatic carbocycles. The Labute approximate surface area is 104 Å². The van der Waals surface area contributed by atoms with Gasteiger partial charge in [-0.2, -0.15) is 0 Å². The summed E-state index contributed by atoms with van der Waals surface area (Å²) in [6.07, 6.45) is 0. The Bertz CT molecular complexity index is 596. The van der Waals surface area contributed by atoms with Gasteiger partial charge in [0.2, 0.25) is 6.79 Å². The van der Waals surface area contributed by atoms with Crippen molar-refractivity contribution in [3.8, 4) is 28.6 Å². The zero-order valence-electron chi connectivity index (χ0n) is 8.44. The fourth-order valence-corrected chi connectivity index (χ4v) is 2.04. The molecule has 1 aliphatic rings. The van der Waals surface area contributed by atoms with Gasteiger partial charge < -0.3 is 24.8 Å². The lowest BCUT2D eigenvalue weighted by Crippen LogP contribution is -1.93. The normalized spacial score (nSPS) is 13.0. The zero-order valence-corrected chi connectivity index (χ0v) is 10.0. The minimum absolute atomic E-state index is 0.00889. The van der Waals surface area contributed by atoms with Crippen molar-refractivity contribution in [2.24, 2.45) is 0 Å². The van der Waals surface area contributed by atoms with Gasteiger partial charge in [-0.3, -0.25) is 0 Å². The number of nitrogen functional groups attached to an aromatic ring is 1. The summed E-state index contributed by atoms with van der Waals surface area (Å²) in [4.78, 5) is 0. The van der Waals surface area contributed by atoms with E-state index in [9.17, 15) is 5.11 Å². The quantitative estimate of drug-likeness (QED) is 0.838. The average molecular weight is 299 g/mol. The zero-order chi connectivity index (χ0) is 12.0. The monoisotopic (exact) mass is 298 g/mol. The number of rotatable bonds is 1. The van der Waals surface area contributed by atoms with E-state index in [1.807, 2.05) is 0 Å². The number of nitrogens with two attached hydrogens (primary N) is 1. The molecule has 0 atom stereocenters. The summed E-state index contributed by atoms with van der Waals surface area (Å²) in [7, 11) is 0. The van der Waals surface area contributed by atoms with Crippen molar-refractivity contribution in [2.75, 3.05) is 12.5 Å². The summed E-state index contributed by atoms with van der Waals surface area (Å²) in [5.74, 6) is 1.49. The summed E-state index contributed by atoms with van der Waals surface area (Å²) >= 11 is 3.22. The van der Waals surface area contributed by atoms with Gasteiger partial charge in [0.1, 0.15) is 11.3 Å². The highest BCUT2D eigenvalue weighted by atomic mass is 79.9. The molecule has 0 amide bonds. The number of benzene rings is 1. The molecule has 0 unspecified atom stereocenters. The van der Waals surface area contributed by atoms with Gasteiger partial charge in [-0.1, -0.05) is 5.16 Å². The average Bonchev–Trinajstić information content (AvgIpc) is 2.89. The smallest absolute Gasteiger partial charge is 0.231 e. The van der Waals surface area contributed by atoms with Gasteiger partial charge in [0.25, 0.3) is 0 Å². The summed E-state index contributed by atoms with van der Waals surface area (Å²) in [5, 5.41) is 13.6. The van der Waals surface area contributed by atoms with Crippen LogP contribution in [0.5, 0.6) is 17.2 Å². The SMILES string of the molecule is Nc1cc(-c2c(O)c(Br)cc3c2OCO3)on1. The number of phenolic OH excluding ortho intramolecular Hbond substituents is 1. The van der Waals surface area contributed by atoms with Gasteiger partial charge in [-0.15, -0.1) is 0 Å². The van der Waals surface area contributed by atoms with E-state index in [1.54, 1.807) is 6.07 Å². The lowest BCUT2D eigenvalue weighted by Gasteiger charge is -2.06. The van der Waals surface area contributed by atoms with E-state index in [4.69, 9.17) is 19.7 Å². The molecule has 0 saturated carbocycles. The number of anilines is 1. The van der Waals surface area contributed by atoms with Crippen LogP contribution in [0.25, 0.3) is 11.3 Å². The molecule has 1 aromatic carbocycles. The maximum atomic E-state index is 10.0. The lowest BCUT2D eigenvalue weighted by atomic mass is 10.1. The van der Waals surface area contributed by atoms with Crippen LogP contribution >= 0.6 is 15.9 Å². The Morgan fingerprint density at radius 2 is 2.18 bits per heavy atom. The van der Waals surface area contributed by atoms with Gasteiger partial charge in [-0.05, 0) is 15.9 Å². The van der Waals surface area contributed by atoms with Crippen molar-refractivity contribution in [3.63, 3.8) is 0 Å². The number of hydrogen-bond donors (Lipinski definition) is 2. The first-order valence-electron chi connectivity index (χ1n) is 4.70. The highest BCUT2D eigenvalue weighted by Gasteiger charge is 2.27. The van der Waals surface area contributed by atoms with Crippen LogP contribution in [0.4, 0.5) is 5.82 Å². The molecule has 1 aromatic heterocycles.